The summed E-state index contributed by atoms with van der Waals surface area (Å²) >= 11 is 7.35. The van der Waals surface area contributed by atoms with E-state index >= 15 is 0 Å². The SMILES string of the molecule is CC1C(N2CCCC2)=CC(=S)SC1c1ccccc1. The van der Waals surface area contributed by atoms with Gasteiger partial charge in [0, 0.05) is 30.0 Å². The molecular weight excluding hydrogens is 270 g/mol. The molecule has 1 nitrogen and oxygen atoms in total. The summed E-state index contributed by atoms with van der Waals surface area (Å²) in [5.74, 6) is 0.539. The van der Waals surface area contributed by atoms with Crippen molar-refractivity contribution in [2.24, 2.45) is 5.92 Å². The zero-order valence-electron chi connectivity index (χ0n) is 11.2. The van der Waals surface area contributed by atoms with Crippen LogP contribution in [-0.2, 0) is 0 Å². The first-order chi connectivity index (χ1) is 9.25. The molecule has 0 aromatic heterocycles. The van der Waals surface area contributed by atoms with Gasteiger partial charge in [0.1, 0.15) is 0 Å². The smallest absolute Gasteiger partial charge is 0.0729 e. The van der Waals surface area contributed by atoms with E-state index < -0.39 is 0 Å². The lowest BCUT2D eigenvalue weighted by Gasteiger charge is -2.35. The summed E-state index contributed by atoms with van der Waals surface area (Å²) < 4.78 is 1.04. The molecule has 1 fully saturated rings. The Hall–Kier alpha value is -0.800. The Morgan fingerprint density at radius 3 is 2.53 bits per heavy atom. The van der Waals surface area contributed by atoms with Gasteiger partial charge in [-0.05, 0) is 24.5 Å². The minimum absolute atomic E-state index is 0.467. The highest BCUT2D eigenvalue weighted by molar-refractivity contribution is 8.23. The molecule has 0 saturated carbocycles. The van der Waals surface area contributed by atoms with Crippen LogP contribution in [0.2, 0.25) is 0 Å². The molecule has 3 heteroatoms. The Bertz CT molecular complexity index is 489. The van der Waals surface area contributed by atoms with Crippen molar-refractivity contribution in [3.63, 3.8) is 0 Å². The zero-order valence-corrected chi connectivity index (χ0v) is 12.8. The minimum Gasteiger partial charge on any atom is -0.375 e. The molecule has 0 aliphatic carbocycles. The van der Waals surface area contributed by atoms with Gasteiger partial charge in [0.15, 0.2) is 0 Å². The lowest BCUT2D eigenvalue weighted by molar-refractivity contribution is 0.367. The molecule has 1 aromatic rings. The Morgan fingerprint density at radius 2 is 1.84 bits per heavy atom. The topological polar surface area (TPSA) is 3.24 Å². The number of nitrogens with zero attached hydrogens (tertiary/aromatic N) is 1. The van der Waals surface area contributed by atoms with Crippen molar-refractivity contribution >= 4 is 28.2 Å². The van der Waals surface area contributed by atoms with Gasteiger partial charge in [-0.2, -0.15) is 0 Å². The van der Waals surface area contributed by atoms with Crippen LogP contribution in [-0.4, -0.2) is 22.2 Å². The van der Waals surface area contributed by atoms with Gasteiger partial charge in [-0.3, -0.25) is 0 Å². The van der Waals surface area contributed by atoms with E-state index in [1.807, 2.05) is 11.8 Å². The predicted octanol–water partition coefficient (Wildman–Crippen LogP) is 4.42. The van der Waals surface area contributed by atoms with Gasteiger partial charge in [0.2, 0.25) is 0 Å². The molecule has 1 saturated heterocycles. The molecular formula is C16H19NS2. The monoisotopic (exact) mass is 289 g/mol. The Balaban J connectivity index is 1.88. The minimum atomic E-state index is 0.467. The molecule has 0 radical (unpaired) electrons. The summed E-state index contributed by atoms with van der Waals surface area (Å²) in [6.07, 6.45) is 4.87. The fraction of sp³-hybridized carbons (Fsp3) is 0.438. The number of likely N-dealkylation sites (tertiary alicyclic amines) is 1. The lowest BCUT2D eigenvalue weighted by atomic mass is 9.95. The molecule has 2 unspecified atom stereocenters. The van der Waals surface area contributed by atoms with E-state index in [0.29, 0.717) is 11.2 Å². The second-order valence-electron chi connectivity index (χ2n) is 5.32. The van der Waals surface area contributed by atoms with Gasteiger partial charge in [-0.25, -0.2) is 0 Å². The van der Waals surface area contributed by atoms with E-state index in [1.54, 1.807) is 0 Å². The third-order valence-electron chi connectivity index (χ3n) is 4.03. The number of hydrogen-bond donors (Lipinski definition) is 0. The van der Waals surface area contributed by atoms with E-state index in [9.17, 15) is 0 Å². The van der Waals surface area contributed by atoms with Crippen molar-refractivity contribution in [2.75, 3.05) is 13.1 Å². The zero-order chi connectivity index (χ0) is 13.2. The molecule has 0 bridgehead atoms. The maximum Gasteiger partial charge on any atom is 0.0729 e. The molecule has 2 aliphatic heterocycles. The normalized spacial score (nSPS) is 27.5. The maximum atomic E-state index is 5.51. The first kappa shape index (κ1) is 13.2. The standard InChI is InChI=1S/C16H19NS2/c1-12-14(17-9-5-6-10-17)11-15(18)19-16(12)13-7-3-2-4-8-13/h2-4,7-8,11-12,16H,5-6,9-10H2,1H3. The first-order valence-electron chi connectivity index (χ1n) is 6.98. The molecule has 19 heavy (non-hydrogen) atoms. The van der Waals surface area contributed by atoms with Gasteiger partial charge < -0.3 is 4.90 Å². The van der Waals surface area contributed by atoms with Crippen LogP contribution in [0.3, 0.4) is 0 Å². The van der Waals surface area contributed by atoms with E-state index in [1.165, 1.54) is 37.2 Å². The Morgan fingerprint density at radius 1 is 1.16 bits per heavy atom. The van der Waals surface area contributed by atoms with Crippen LogP contribution in [0.4, 0.5) is 0 Å². The van der Waals surface area contributed by atoms with Crippen molar-refractivity contribution in [3.05, 3.63) is 47.7 Å². The molecule has 0 N–H and O–H groups in total. The highest BCUT2D eigenvalue weighted by Crippen LogP contribution is 2.45. The second-order valence-corrected chi connectivity index (χ2v) is 7.20. The molecule has 2 atom stereocenters. The van der Waals surface area contributed by atoms with Gasteiger partial charge in [-0.1, -0.05) is 49.5 Å². The maximum absolute atomic E-state index is 5.51. The van der Waals surface area contributed by atoms with Crippen molar-refractivity contribution in [3.8, 4) is 0 Å². The third kappa shape index (κ3) is 2.72. The van der Waals surface area contributed by atoms with Crippen LogP contribution in [0, 0.1) is 5.92 Å². The van der Waals surface area contributed by atoms with Crippen LogP contribution in [0.5, 0.6) is 0 Å². The van der Waals surface area contributed by atoms with Crippen LogP contribution in [0.15, 0.2) is 42.1 Å². The van der Waals surface area contributed by atoms with Crippen molar-refractivity contribution in [1.29, 1.82) is 0 Å². The third-order valence-corrected chi connectivity index (χ3v) is 5.72. The van der Waals surface area contributed by atoms with E-state index in [-0.39, 0.29) is 0 Å². The van der Waals surface area contributed by atoms with E-state index in [4.69, 9.17) is 12.2 Å². The van der Waals surface area contributed by atoms with Crippen molar-refractivity contribution in [1.82, 2.24) is 4.90 Å². The van der Waals surface area contributed by atoms with Gasteiger partial charge in [0.05, 0.1) is 4.20 Å². The van der Waals surface area contributed by atoms with Crippen molar-refractivity contribution < 1.29 is 0 Å². The molecule has 0 amide bonds. The molecule has 2 aliphatic rings. The summed E-state index contributed by atoms with van der Waals surface area (Å²) in [6, 6.07) is 10.8. The van der Waals surface area contributed by atoms with Crippen LogP contribution < -0.4 is 0 Å². The molecule has 2 heterocycles. The predicted molar refractivity (Wildman–Crippen MR) is 87.4 cm³/mol. The van der Waals surface area contributed by atoms with Gasteiger partial charge in [-0.15, -0.1) is 11.8 Å². The highest BCUT2D eigenvalue weighted by Gasteiger charge is 2.31. The van der Waals surface area contributed by atoms with Crippen LogP contribution >= 0.6 is 24.0 Å². The first-order valence-corrected chi connectivity index (χ1v) is 8.26. The average molecular weight is 289 g/mol. The van der Waals surface area contributed by atoms with Crippen LogP contribution in [0.25, 0.3) is 0 Å². The number of hydrogen-bond acceptors (Lipinski definition) is 3. The summed E-state index contributed by atoms with van der Waals surface area (Å²) in [4.78, 5) is 2.53. The molecule has 1 aromatic carbocycles. The molecule has 0 spiro atoms. The van der Waals surface area contributed by atoms with E-state index in [2.05, 4.69) is 48.2 Å². The average Bonchev–Trinajstić information content (AvgIpc) is 2.96. The fourth-order valence-corrected chi connectivity index (χ4v) is 4.53. The van der Waals surface area contributed by atoms with E-state index in [0.717, 1.165) is 4.20 Å². The summed E-state index contributed by atoms with van der Waals surface area (Å²) in [5, 5.41) is 0.467. The Kier molecular flexibility index (Phi) is 3.94. The molecule has 100 valence electrons. The fourth-order valence-electron chi connectivity index (χ4n) is 3.02. The van der Waals surface area contributed by atoms with Gasteiger partial charge >= 0.3 is 0 Å². The lowest BCUT2D eigenvalue weighted by Crippen LogP contribution is -2.28. The largest absolute Gasteiger partial charge is 0.375 e. The highest BCUT2D eigenvalue weighted by atomic mass is 32.2. The number of rotatable bonds is 2. The molecule has 3 rings (SSSR count). The summed E-state index contributed by atoms with van der Waals surface area (Å²) in [7, 11) is 0. The van der Waals surface area contributed by atoms with Crippen LogP contribution in [0.1, 0.15) is 30.6 Å². The summed E-state index contributed by atoms with van der Waals surface area (Å²) in [6.45, 7) is 4.74. The second kappa shape index (κ2) is 5.68. The van der Waals surface area contributed by atoms with Gasteiger partial charge in [0.25, 0.3) is 0 Å². The summed E-state index contributed by atoms with van der Waals surface area (Å²) in [5.41, 5.74) is 2.85. The number of thioether (sulfide) groups is 1. The quantitative estimate of drug-likeness (QED) is 0.742. The number of benzene rings is 1. The number of allylic oxidation sites excluding steroid dienone is 1. The number of thiocarbonyl (C=S) groups is 1. The van der Waals surface area contributed by atoms with Crippen molar-refractivity contribution in [2.45, 2.75) is 25.0 Å². The Labute approximate surface area is 125 Å².